The number of nitrogens with two attached hydrogens (primary N) is 1. The topological polar surface area (TPSA) is 109 Å². The molecule has 0 radical (unpaired) electrons. The predicted octanol–water partition coefficient (Wildman–Crippen LogP) is 4.55. The molecule has 1 aromatic heterocycles. The van der Waals surface area contributed by atoms with Crippen molar-refractivity contribution in [3.05, 3.63) is 51.4 Å². The summed E-state index contributed by atoms with van der Waals surface area (Å²) in [5.74, 6) is -3.60. The Balaban J connectivity index is 1.92. The van der Waals surface area contributed by atoms with Crippen LogP contribution in [-0.2, 0) is 9.59 Å². The van der Waals surface area contributed by atoms with Gasteiger partial charge in [-0.2, -0.15) is 0 Å². The molecule has 1 heterocycles. The normalized spacial score (nSPS) is 19.1. The number of anilines is 1. The van der Waals surface area contributed by atoms with Crippen molar-refractivity contribution in [2.75, 3.05) is 5.32 Å². The summed E-state index contributed by atoms with van der Waals surface area (Å²) in [6, 6.07) is 6.94. The van der Waals surface area contributed by atoms with E-state index < -0.39 is 29.6 Å². The van der Waals surface area contributed by atoms with Gasteiger partial charge in [0, 0.05) is 16.0 Å². The Hall–Kier alpha value is -2.64. The molecule has 0 saturated carbocycles. The fourth-order valence-electron chi connectivity index (χ4n) is 3.57. The molecule has 0 saturated heterocycles. The molecule has 0 fully saturated rings. The van der Waals surface area contributed by atoms with Crippen molar-refractivity contribution < 1.29 is 19.5 Å². The highest BCUT2D eigenvalue weighted by Crippen LogP contribution is 2.38. The van der Waals surface area contributed by atoms with Crippen molar-refractivity contribution in [2.45, 2.75) is 26.7 Å². The lowest BCUT2D eigenvalue weighted by atomic mass is 9.76. The second-order valence-electron chi connectivity index (χ2n) is 7.23. The fraction of sp³-hybridized carbons (Fsp3) is 0.286. The summed E-state index contributed by atoms with van der Waals surface area (Å²) in [6.45, 7) is 3.80. The number of allylic oxidation sites excluding steroid dienone is 2. The predicted molar refractivity (Wildman–Crippen MR) is 114 cm³/mol. The van der Waals surface area contributed by atoms with E-state index in [1.54, 1.807) is 29.6 Å². The number of aliphatic carboxylic acids is 1. The molecule has 0 spiro atoms. The first-order valence-electron chi connectivity index (χ1n) is 9.05. The molecule has 3 rings (SSSR count). The molecule has 2 amide bonds. The summed E-state index contributed by atoms with van der Waals surface area (Å²) in [6.07, 6.45) is 0.707. The third-order valence-electron chi connectivity index (χ3n) is 5.35. The average Bonchev–Trinajstić information content (AvgIpc) is 3.07. The van der Waals surface area contributed by atoms with Crippen LogP contribution >= 0.6 is 22.9 Å². The van der Waals surface area contributed by atoms with Crippen LogP contribution in [0.15, 0.2) is 40.8 Å². The van der Waals surface area contributed by atoms with Crippen LogP contribution in [-0.4, -0.2) is 22.9 Å². The van der Waals surface area contributed by atoms with Crippen molar-refractivity contribution in [3.8, 4) is 11.1 Å². The number of carbonyl (C=O) groups excluding carboxylic acids is 2. The number of rotatable bonds is 5. The lowest BCUT2D eigenvalue weighted by Gasteiger charge is -2.29. The minimum Gasteiger partial charge on any atom is -0.481 e. The van der Waals surface area contributed by atoms with E-state index in [1.165, 1.54) is 11.3 Å². The molecule has 6 nitrogen and oxygen atoms in total. The van der Waals surface area contributed by atoms with Crippen LogP contribution in [0.4, 0.5) is 5.00 Å². The summed E-state index contributed by atoms with van der Waals surface area (Å²) < 4.78 is 0. The molecule has 0 aliphatic heterocycles. The summed E-state index contributed by atoms with van der Waals surface area (Å²) in [5, 5.41) is 14.9. The Kier molecular flexibility index (Phi) is 6.10. The van der Waals surface area contributed by atoms with E-state index in [2.05, 4.69) is 5.32 Å². The van der Waals surface area contributed by atoms with E-state index in [-0.39, 0.29) is 5.56 Å². The third kappa shape index (κ3) is 4.36. The molecule has 2 aromatic rings. The first kappa shape index (κ1) is 21.1. The van der Waals surface area contributed by atoms with Crippen molar-refractivity contribution in [1.82, 2.24) is 0 Å². The minimum atomic E-state index is -1.000. The smallest absolute Gasteiger partial charge is 0.307 e. The maximum Gasteiger partial charge on any atom is 0.307 e. The van der Waals surface area contributed by atoms with Gasteiger partial charge in [0.05, 0.1) is 17.4 Å². The molecular formula is C21H21ClN2O4S. The Morgan fingerprint density at radius 2 is 1.69 bits per heavy atom. The minimum absolute atomic E-state index is 0.205. The zero-order valence-corrected chi connectivity index (χ0v) is 17.6. The maximum atomic E-state index is 12.9. The SMILES string of the molecule is CC1=C(C)C[C@@H](C(=O)O)[C@@H](C(=O)Nc2scc(-c3ccc(Cl)cc3)c2C(N)=O)C1. The lowest BCUT2D eigenvalue weighted by Crippen LogP contribution is -2.36. The molecule has 4 N–H and O–H groups in total. The van der Waals surface area contributed by atoms with Gasteiger partial charge in [-0.3, -0.25) is 14.4 Å². The molecule has 1 aliphatic rings. The summed E-state index contributed by atoms with van der Waals surface area (Å²) >= 11 is 7.11. The van der Waals surface area contributed by atoms with E-state index in [0.29, 0.717) is 28.4 Å². The highest BCUT2D eigenvalue weighted by Gasteiger charge is 2.37. The molecule has 0 bridgehead atoms. The summed E-state index contributed by atoms with van der Waals surface area (Å²) in [5.41, 5.74) is 9.15. The van der Waals surface area contributed by atoms with Gasteiger partial charge in [-0.1, -0.05) is 34.9 Å². The van der Waals surface area contributed by atoms with Crippen LogP contribution in [0.2, 0.25) is 5.02 Å². The average molecular weight is 433 g/mol. The number of carboxylic acid groups (broad SMARTS) is 1. The van der Waals surface area contributed by atoms with Gasteiger partial charge in [0.25, 0.3) is 5.91 Å². The van der Waals surface area contributed by atoms with Gasteiger partial charge < -0.3 is 16.2 Å². The molecule has 1 aromatic carbocycles. The molecule has 2 atom stereocenters. The number of carbonyl (C=O) groups is 3. The number of carboxylic acids is 1. The Morgan fingerprint density at radius 3 is 2.24 bits per heavy atom. The van der Waals surface area contributed by atoms with Crippen molar-refractivity contribution in [1.29, 1.82) is 0 Å². The van der Waals surface area contributed by atoms with Gasteiger partial charge in [0.15, 0.2) is 0 Å². The number of benzene rings is 1. The van der Waals surface area contributed by atoms with E-state index in [9.17, 15) is 19.5 Å². The van der Waals surface area contributed by atoms with Crippen molar-refractivity contribution >= 4 is 45.7 Å². The van der Waals surface area contributed by atoms with Gasteiger partial charge in [-0.25, -0.2) is 0 Å². The summed E-state index contributed by atoms with van der Waals surface area (Å²) in [7, 11) is 0. The van der Waals surface area contributed by atoms with Crippen molar-refractivity contribution in [2.24, 2.45) is 17.6 Å². The van der Waals surface area contributed by atoms with Gasteiger partial charge in [-0.05, 0) is 44.4 Å². The summed E-state index contributed by atoms with van der Waals surface area (Å²) in [4.78, 5) is 36.7. The van der Waals surface area contributed by atoms with Crippen LogP contribution in [0.1, 0.15) is 37.0 Å². The zero-order chi connectivity index (χ0) is 21.3. The highest BCUT2D eigenvalue weighted by molar-refractivity contribution is 7.15. The fourth-order valence-corrected chi connectivity index (χ4v) is 4.67. The van der Waals surface area contributed by atoms with E-state index in [4.69, 9.17) is 17.3 Å². The van der Waals surface area contributed by atoms with Crippen molar-refractivity contribution in [3.63, 3.8) is 0 Å². The molecule has 8 heteroatoms. The van der Waals surface area contributed by atoms with Crippen LogP contribution in [0.5, 0.6) is 0 Å². The standard InChI is InChI=1S/C21H21ClN2O4S/c1-10-7-14(15(21(27)28)8-11(10)2)19(26)24-20-17(18(23)25)16(9-29-20)12-3-5-13(22)6-4-12/h3-6,9,14-15H,7-8H2,1-2H3,(H2,23,25)(H,24,26)(H,27,28)/t14-,15+/m0/s1. The van der Waals surface area contributed by atoms with Crippen LogP contribution in [0.3, 0.4) is 0 Å². The van der Waals surface area contributed by atoms with E-state index in [0.717, 1.165) is 16.7 Å². The van der Waals surface area contributed by atoms with Gasteiger partial charge >= 0.3 is 5.97 Å². The van der Waals surface area contributed by atoms with Crippen LogP contribution < -0.4 is 11.1 Å². The Bertz CT molecular complexity index is 1010. The quantitative estimate of drug-likeness (QED) is 0.602. The first-order chi connectivity index (χ1) is 13.7. The molecular weight excluding hydrogens is 412 g/mol. The third-order valence-corrected chi connectivity index (χ3v) is 6.50. The van der Waals surface area contributed by atoms with Crippen LogP contribution in [0.25, 0.3) is 11.1 Å². The number of hydrogen-bond acceptors (Lipinski definition) is 4. The van der Waals surface area contributed by atoms with Gasteiger partial charge in [-0.15, -0.1) is 11.3 Å². The van der Waals surface area contributed by atoms with E-state index in [1.807, 2.05) is 13.8 Å². The molecule has 0 unspecified atom stereocenters. The number of thiophene rings is 1. The van der Waals surface area contributed by atoms with Gasteiger partial charge in [0.1, 0.15) is 5.00 Å². The van der Waals surface area contributed by atoms with Gasteiger partial charge in [0.2, 0.25) is 5.91 Å². The number of primary amides is 1. The number of hydrogen-bond donors (Lipinski definition) is 3. The Morgan fingerprint density at radius 1 is 1.10 bits per heavy atom. The number of amides is 2. The molecule has 29 heavy (non-hydrogen) atoms. The number of halogens is 1. The first-order valence-corrected chi connectivity index (χ1v) is 10.3. The monoisotopic (exact) mass is 432 g/mol. The maximum absolute atomic E-state index is 12.9. The Labute approximate surface area is 177 Å². The second-order valence-corrected chi connectivity index (χ2v) is 8.55. The lowest BCUT2D eigenvalue weighted by molar-refractivity contribution is -0.146. The number of nitrogens with one attached hydrogen (secondary N) is 1. The molecule has 1 aliphatic carbocycles. The van der Waals surface area contributed by atoms with Crippen LogP contribution in [0, 0.1) is 11.8 Å². The highest BCUT2D eigenvalue weighted by atomic mass is 35.5. The zero-order valence-electron chi connectivity index (χ0n) is 16.0. The molecule has 152 valence electrons. The van der Waals surface area contributed by atoms with E-state index >= 15 is 0 Å². The second kappa shape index (κ2) is 8.39. The largest absolute Gasteiger partial charge is 0.481 e.